The van der Waals surface area contributed by atoms with Gasteiger partial charge in [-0.2, -0.15) is 0 Å². The molecule has 4 heteroatoms. The molecule has 0 fully saturated rings. The minimum Gasteiger partial charge on any atom is -0.326 e. The lowest BCUT2D eigenvalue weighted by molar-refractivity contribution is -0.116. The fourth-order valence-corrected chi connectivity index (χ4v) is 1.27. The van der Waals surface area contributed by atoms with Crippen LogP contribution < -0.4 is 5.32 Å². The van der Waals surface area contributed by atoms with Crippen molar-refractivity contribution in [2.45, 2.75) is 18.7 Å². The van der Waals surface area contributed by atoms with Gasteiger partial charge >= 0.3 is 0 Å². The van der Waals surface area contributed by atoms with Gasteiger partial charge in [-0.25, -0.2) is 0 Å². The van der Waals surface area contributed by atoms with Gasteiger partial charge in [0.2, 0.25) is 5.91 Å². The van der Waals surface area contributed by atoms with Crippen molar-refractivity contribution < 1.29 is 4.79 Å². The summed E-state index contributed by atoms with van der Waals surface area (Å²) in [6.07, 6.45) is 0.310. The summed E-state index contributed by atoms with van der Waals surface area (Å²) in [5.74, 6) is -0.0881. The molecule has 1 N–H and O–H groups in total. The summed E-state index contributed by atoms with van der Waals surface area (Å²) in [6, 6.07) is 6.95. The lowest BCUT2D eigenvalue weighted by atomic mass is 10.3. The molecule has 1 atom stereocenters. The predicted molar refractivity (Wildman–Crippen MR) is 60.0 cm³/mol. The second-order valence-electron chi connectivity index (χ2n) is 3.04. The van der Waals surface area contributed by atoms with Gasteiger partial charge in [-0.3, -0.25) is 4.79 Å². The SMILES string of the molecule is CC(Cl)CC(=O)Nc1ccc(Cl)cc1. The van der Waals surface area contributed by atoms with Crippen LogP contribution in [0.2, 0.25) is 5.02 Å². The van der Waals surface area contributed by atoms with E-state index in [1.54, 1.807) is 31.2 Å². The second kappa shape index (κ2) is 5.23. The van der Waals surface area contributed by atoms with Crippen LogP contribution in [-0.2, 0) is 4.79 Å². The lowest BCUT2D eigenvalue weighted by Crippen LogP contribution is -2.14. The molecule has 0 radical (unpaired) electrons. The summed E-state index contributed by atoms with van der Waals surface area (Å²) in [7, 11) is 0. The Morgan fingerprint density at radius 1 is 1.43 bits per heavy atom. The first-order chi connectivity index (χ1) is 6.58. The zero-order valence-electron chi connectivity index (χ0n) is 7.76. The van der Waals surface area contributed by atoms with E-state index < -0.39 is 0 Å². The Balaban J connectivity index is 2.52. The number of hydrogen-bond donors (Lipinski definition) is 1. The largest absolute Gasteiger partial charge is 0.326 e. The average Bonchev–Trinajstić information content (AvgIpc) is 2.07. The summed E-state index contributed by atoms with van der Waals surface area (Å²) < 4.78 is 0. The van der Waals surface area contributed by atoms with Crippen molar-refractivity contribution in [1.29, 1.82) is 0 Å². The summed E-state index contributed by atoms with van der Waals surface area (Å²) in [4.78, 5) is 11.3. The van der Waals surface area contributed by atoms with E-state index in [9.17, 15) is 4.79 Å². The number of halogens is 2. The van der Waals surface area contributed by atoms with Crippen molar-refractivity contribution in [1.82, 2.24) is 0 Å². The van der Waals surface area contributed by atoms with Crippen LogP contribution in [0.5, 0.6) is 0 Å². The molecule has 0 spiro atoms. The minimum atomic E-state index is -0.151. The Morgan fingerprint density at radius 3 is 2.50 bits per heavy atom. The first-order valence-electron chi connectivity index (χ1n) is 4.27. The number of benzene rings is 1. The summed E-state index contributed by atoms with van der Waals surface area (Å²) in [5.41, 5.74) is 0.733. The first-order valence-corrected chi connectivity index (χ1v) is 5.09. The van der Waals surface area contributed by atoms with Crippen molar-refractivity contribution in [3.8, 4) is 0 Å². The van der Waals surface area contributed by atoms with Crippen LogP contribution in [0.15, 0.2) is 24.3 Å². The summed E-state index contributed by atoms with van der Waals surface area (Å²) >= 11 is 11.4. The molecule has 0 heterocycles. The van der Waals surface area contributed by atoms with Gasteiger partial charge in [-0.1, -0.05) is 11.6 Å². The Bertz CT molecular complexity index is 308. The highest BCUT2D eigenvalue weighted by Crippen LogP contribution is 2.14. The molecule has 0 saturated carbocycles. The molecular weight excluding hydrogens is 221 g/mol. The monoisotopic (exact) mass is 231 g/mol. The van der Waals surface area contributed by atoms with Crippen LogP contribution >= 0.6 is 23.2 Å². The lowest BCUT2D eigenvalue weighted by Gasteiger charge is -2.05. The molecule has 0 saturated heterocycles. The van der Waals surface area contributed by atoms with Crippen molar-refractivity contribution in [3.63, 3.8) is 0 Å². The van der Waals surface area contributed by atoms with Gasteiger partial charge in [-0.15, -0.1) is 11.6 Å². The third-order valence-electron chi connectivity index (χ3n) is 1.59. The number of anilines is 1. The Morgan fingerprint density at radius 2 is 2.00 bits per heavy atom. The zero-order valence-corrected chi connectivity index (χ0v) is 9.27. The maximum atomic E-state index is 11.3. The normalized spacial score (nSPS) is 12.2. The number of carbonyl (C=O) groups excluding carboxylic acids is 1. The molecule has 0 aliphatic carbocycles. The molecule has 76 valence electrons. The van der Waals surface area contributed by atoms with Gasteiger partial charge in [-0.05, 0) is 31.2 Å². The van der Waals surface area contributed by atoms with Crippen LogP contribution in [0.4, 0.5) is 5.69 Å². The van der Waals surface area contributed by atoms with Crippen molar-refractivity contribution in [3.05, 3.63) is 29.3 Å². The maximum Gasteiger partial charge on any atom is 0.225 e. The fourth-order valence-electron chi connectivity index (χ4n) is 1.00. The van der Waals surface area contributed by atoms with E-state index in [2.05, 4.69) is 5.32 Å². The van der Waals surface area contributed by atoms with E-state index in [1.807, 2.05) is 0 Å². The van der Waals surface area contributed by atoms with Crippen LogP contribution in [-0.4, -0.2) is 11.3 Å². The Hall–Kier alpha value is -0.730. The summed E-state index contributed by atoms with van der Waals surface area (Å²) in [5, 5.41) is 3.21. The average molecular weight is 232 g/mol. The molecule has 14 heavy (non-hydrogen) atoms. The Kier molecular flexibility index (Phi) is 4.23. The Labute approximate surface area is 93.2 Å². The number of rotatable bonds is 3. The standard InChI is InChI=1S/C10H11Cl2NO/c1-7(11)6-10(14)13-9-4-2-8(12)3-5-9/h2-5,7H,6H2,1H3,(H,13,14). The van der Waals surface area contributed by atoms with E-state index in [0.717, 1.165) is 5.69 Å². The highest BCUT2D eigenvalue weighted by molar-refractivity contribution is 6.30. The third kappa shape index (κ3) is 3.99. The van der Waals surface area contributed by atoms with E-state index in [-0.39, 0.29) is 11.3 Å². The molecule has 0 aliphatic heterocycles. The molecule has 1 aromatic carbocycles. The van der Waals surface area contributed by atoms with E-state index >= 15 is 0 Å². The fraction of sp³-hybridized carbons (Fsp3) is 0.300. The molecular formula is C10H11Cl2NO. The third-order valence-corrected chi connectivity index (χ3v) is 2.00. The molecule has 1 rings (SSSR count). The van der Waals surface area contributed by atoms with Crippen molar-refractivity contribution in [2.24, 2.45) is 0 Å². The van der Waals surface area contributed by atoms with Gasteiger partial charge in [0, 0.05) is 22.5 Å². The van der Waals surface area contributed by atoms with Gasteiger partial charge in [0.05, 0.1) is 0 Å². The number of hydrogen-bond acceptors (Lipinski definition) is 1. The zero-order chi connectivity index (χ0) is 10.6. The predicted octanol–water partition coefficient (Wildman–Crippen LogP) is 3.30. The van der Waals surface area contributed by atoms with E-state index in [0.29, 0.717) is 11.4 Å². The molecule has 0 aromatic heterocycles. The smallest absolute Gasteiger partial charge is 0.225 e. The highest BCUT2D eigenvalue weighted by Gasteiger charge is 2.05. The van der Waals surface area contributed by atoms with Gasteiger partial charge in [0.1, 0.15) is 0 Å². The van der Waals surface area contributed by atoms with Gasteiger partial charge in [0.15, 0.2) is 0 Å². The molecule has 2 nitrogen and oxygen atoms in total. The first kappa shape index (κ1) is 11.3. The summed E-state index contributed by atoms with van der Waals surface area (Å²) in [6.45, 7) is 1.78. The van der Waals surface area contributed by atoms with Crippen LogP contribution in [0.3, 0.4) is 0 Å². The van der Waals surface area contributed by atoms with Gasteiger partial charge < -0.3 is 5.32 Å². The maximum absolute atomic E-state index is 11.3. The molecule has 0 bridgehead atoms. The molecule has 0 aliphatic rings. The van der Waals surface area contributed by atoms with E-state index in [1.165, 1.54) is 0 Å². The highest BCUT2D eigenvalue weighted by atomic mass is 35.5. The quantitative estimate of drug-likeness (QED) is 0.796. The number of alkyl halides is 1. The second-order valence-corrected chi connectivity index (χ2v) is 4.22. The van der Waals surface area contributed by atoms with Gasteiger partial charge in [0.25, 0.3) is 0 Å². The number of nitrogens with one attached hydrogen (secondary N) is 1. The minimum absolute atomic E-state index is 0.0881. The molecule has 1 amide bonds. The topological polar surface area (TPSA) is 29.1 Å². The molecule has 1 aromatic rings. The van der Waals surface area contributed by atoms with E-state index in [4.69, 9.17) is 23.2 Å². The van der Waals surface area contributed by atoms with Crippen molar-refractivity contribution >= 4 is 34.8 Å². The van der Waals surface area contributed by atoms with Crippen LogP contribution in [0.1, 0.15) is 13.3 Å². The van der Waals surface area contributed by atoms with Crippen LogP contribution in [0.25, 0.3) is 0 Å². The molecule has 1 unspecified atom stereocenters. The number of carbonyl (C=O) groups is 1. The van der Waals surface area contributed by atoms with Crippen molar-refractivity contribution in [2.75, 3.05) is 5.32 Å². The van der Waals surface area contributed by atoms with Crippen LogP contribution in [0, 0.1) is 0 Å². The number of amides is 1.